The van der Waals surface area contributed by atoms with Crippen LogP contribution in [0.5, 0.6) is 0 Å². The lowest BCUT2D eigenvalue weighted by Gasteiger charge is -2.28. The van der Waals surface area contributed by atoms with Gasteiger partial charge >= 0.3 is 6.18 Å². The van der Waals surface area contributed by atoms with E-state index in [1.807, 2.05) is 0 Å². The van der Waals surface area contributed by atoms with E-state index >= 15 is 0 Å². The SMILES string of the molecule is CCCNCC1CCc2cc(C(F)(F)F)ccc2N1. The molecule has 1 aliphatic heterocycles. The number of halogens is 3. The first-order valence-electron chi connectivity index (χ1n) is 6.68. The third kappa shape index (κ3) is 3.62. The van der Waals surface area contributed by atoms with Gasteiger partial charge in [0.15, 0.2) is 0 Å². The number of anilines is 1. The highest BCUT2D eigenvalue weighted by Gasteiger charge is 2.31. The normalized spacial score (nSPS) is 18.8. The molecule has 0 saturated carbocycles. The predicted octanol–water partition coefficient (Wildman–Crippen LogP) is 3.43. The van der Waals surface area contributed by atoms with Crippen molar-refractivity contribution < 1.29 is 13.2 Å². The van der Waals surface area contributed by atoms with Crippen LogP contribution in [-0.2, 0) is 12.6 Å². The maximum Gasteiger partial charge on any atom is 0.416 e. The molecule has 1 heterocycles. The van der Waals surface area contributed by atoms with Crippen LogP contribution in [-0.4, -0.2) is 19.1 Å². The van der Waals surface area contributed by atoms with Crippen molar-refractivity contribution in [3.05, 3.63) is 29.3 Å². The van der Waals surface area contributed by atoms with Gasteiger partial charge in [-0.15, -0.1) is 0 Å². The first-order chi connectivity index (χ1) is 9.00. The van der Waals surface area contributed by atoms with Gasteiger partial charge in [0.05, 0.1) is 5.56 Å². The van der Waals surface area contributed by atoms with E-state index in [-0.39, 0.29) is 0 Å². The van der Waals surface area contributed by atoms with E-state index < -0.39 is 11.7 Å². The zero-order valence-corrected chi connectivity index (χ0v) is 11.0. The molecule has 1 atom stereocenters. The standard InChI is InChI=1S/C14H19F3N2/c1-2-7-18-9-12-5-3-10-8-11(14(15,16)17)4-6-13(10)19-12/h4,6,8,12,18-19H,2-3,5,7,9H2,1H3. The van der Waals surface area contributed by atoms with Gasteiger partial charge in [0.25, 0.3) is 0 Å². The lowest BCUT2D eigenvalue weighted by molar-refractivity contribution is -0.137. The van der Waals surface area contributed by atoms with Gasteiger partial charge in [-0.3, -0.25) is 0 Å². The number of rotatable bonds is 4. The van der Waals surface area contributed by atoms with Crippen LogP contribution in [0.1, 0.15) is 30.9 Å². The zero-order valence-electron chi connectivity index (χ0n) is 11.0. The van der Waals surface area contributed by atoms with E-state index in [0.717, 1.165) is 43.2 Å². The molecule has 106 valence electrons. The average molecular weight is 272 g/mol. The Kier molecular flexibility index (Phi) is 4.34. The number of hydrogen-bond donors (Lipinski definition) is 2. The van der Waals surface area contributed by atoms with E-state index in [1.54, 1.807) is 6.07 Å². The van der Waals surface area contributed by atoms with E-state index in [9.17, 15) is 13.2 Å². The summed E-state index contributed by atoms with van der Waals surface area (Å²) in [5.41, 5.74) is 1.04. The van der Waals surface area contributed by atoms with Crippen molar-refractivity contribution in [2.45, 2.75) is 38.4 Å². The third-order valence-corrected chi connectivity index (χ3v) is 3.37. The minimum absolute atomic E-state index is 0.302. The zero-order chi connectivity index (χ0) is 13.9. The van der Waals surface area contributed by atoms with Crippen molar-refractivity contribution in [2.24, 2.45) is 0 Å². The molecule has 19 heavy (non-hydrogen) atoms. The molecule has 1 aromatic carbocycles. The minimum Gasteiger partial charge on any atom is -0.381 e. The summed E-state index contributed by atoms with van der Waals surface area (Å²) >= 11 is 0. The molecule has 0 amide bonds. The summed E-state index contributed by atoms with van der Waals surface area (Å²) in [4.78, 5) is 0. The number of hydrogen-bond acceptors (Lipinski definition) is 2. The number of benzene rings is 1. The molecule has 0 bridgehead atoms. The fourth-order valence-electron chi connectivity index (χ4n) is 2.35. The van der Waals surface area contributed by atoms with Gasteiger partial charge in [0.1, 0.15) is 0 Å². The second-order valence-electron chi connectivity index (χ2n) is 4.95. The molecule has 2 nitrogen and oxygen atoms in total. The molecule has 0 spiro atoms. The second kappa shape index (κ2) is 5.82. The molecule has 0 radical (unpaired) electrons. The Labute approximate surface area is 111 Å². The number of fused-ring (bicyclic) bond motifs is 1. The quantitative estimate of drug-likeness (QED) is 0.821. The van der Waals surface area contributed by atoms with E-state index in [2.05, 4.69) is 17.6 Å². The minimum atomic E-state index is -4.26. The van der Waals surface area contributed by atoms with Crippen molar-refractivity contribution in [3.63, 3.8) is 0 Å². The summed E-state index contributed by atoms with van der Waals surface area (Å²) in [5, 5.41) is 6.63. The predicted molar refractivity (Wildman–Crippen MR) is 70.3 cm³/mol. The smallest absolute Gasteiger partial charge is 0.381 e. The molecule has 0 aliphatic carbocycles. The third-order valence-electron chi connectivity index (χ3n) is 3.37. The fraction of sp³-hybridized carbons (Fsp3) is 0.571. The molecule has 1 unspecified atom stereocenters. The van der Waals surface area contributed by atoms with Crippen LogP contribution in [0.3, 0.4) is 0 Å². The van der Waals surface area contributed by atoms with E-state index in [0.29, 0.717) is 12.5 Å². The van der Waals surface area contributed by atoms with Crippen LogP contribution in [0, 0.1) is 0 Å². The van der Waals surface area contributed by atoms with Gasteiger partial charge < -0.3 is 10.6 Å². The van der Waals surface area contributed by atoms with Crippen molar-refractivity contribution in [2.75, 3.05) is 18.4 Å². The second-order valence-corrected chi connectivity index (χ2v) is 4.95. The summed E-state index contributed by atoms with van der Waals surface area (Å²) < 4.78 is 37.8. The molecule has 0 fully saturated rings. The molecule has 5 heteroatoms. The lowest BCUT2D eigenvalue weighted by atomic mass is 9.96. The molecule has 1 aromatic rings. The average Bonchev–Trinajstić information content (AvgIpc) is 2.37. The first kappa shape index (κ1) is 14.2. The van der Waals surface area contributed by atoms with E-state index in [4.69, 9.17) is 0 Å². The summed E-state index contributed by atoms with van der Waals surface area (Å²) in [6.07, 6.45) is -1.61. The van der Waals surface area contributed by atoms with E-state index in [1.165, 1.54) is 6.07 Å². The van der Waals surface area contributed by atoms with Crippen LogP contribution in [0.25, 0.3) is 0 Å². The van der Waals surface area contributed by atoms with Gasteiger partial charge in [-0.2, -0.15) is 13.2 Å². The van der Waals surface area contributed by atoms with Gasteiger partial charge in [-0.25, -0.2) is 0 Å². The number of aryl methyl sites for hydroxylation is 1. The van der Waals surface area contributed by atoms with Gasteiger partial charge in [0.2, 0.25) is 0 Å². The molecule has 0 aromatic heterocycles. The number of alkyl halides is 3. The fourth-order valence-corrected chi connectivity index (χ4v) is 2.35. The highest BCUT2D eigenvalue weighted by molar-refractivity contribution is 5.55. The van der Waals surface area contributed by atoms with Crippen molar-refractivity contribution in [1.29, 1.82) is 0 Å². The molecule has 0 saturated heterocycles. The monoisotopic (exact) mass is 272 g/mol. The lowest BCUT2D eigenvalue weighted by Crippen LogP contribution is -2.36. The van der Waals surface area contributed by atoms with Crippen molar-refractivity contribution in [3.8, 4) is 0 Å². The summed E-state index contributed by atoms with van der Waals surface area (Å²) in [7, 11) is 0. The van der Waals surface area contributed by atoms with Gasteiger partial charge in [-0.05, 0) is 49.6 Å². The summed E-state index contributed by atoms with van der Waals surface area (Å²) in [6.45, 7) is 3.93. The summed E-state index contributed by atoms with van der Waals surface area (Å²) in [6, 6.07) is 4.26. The number of nitrogens with one attached hydrogen (secondary N) is 2. The highest BCUT2D eigenvalue weighted by atomic mass is 19.4. The van der Waals surface area contributed by atoms with Gasteiger partial charge in [0, 0.05) is 18.3 Å². The van der Waals surface area contributed by atoms with Crippen LogP contribution < -0.4 is 10.6 Å². The molecular weight excluding hydrogens is 253 g/mol. The van der Waals surface area contributed by atoms with Crippen LogP contribution in [0.15, 0.2) is 18.2 Å². The maximum absolute atomic E-state index is 12.6. The Bertz CT molecular complexity index is 429. The Morgan fingerprint density at radius 1 is 1.37 bits per heavy atom. The molecule has 2 rings (SSSR count). The first-order valence-corrected chi connectivity index (χ1v) is 6.68. The molecule has 2 N–H and O–H groups in total. The Morgan fingerprint density at radius 2 is 2.16 bits per heavy atom. The molecular formula is C14H19F3N2. The maximum atomic E-state index is 12.6. The Balaban J connectivity index is 2.02. The topological polar surface area (TPSA) is 24.1 Å². The van der Waals surface area contributed by atoms with Crippen LogP contribution >= 0.6 is 0 Å². The van der Waals surface area contributed by atoms with Gasteiger partial charge in [-0.1, -0.05) is 6.92 Å². The molecule has 1 aliphatic rings. The largest absolute Gasteiger partial charge is 0.416 e. The Morgan fingerprint density at radius 3 is 2.84 bits per heavy atom. The Hall–Kier alpha value is -1.23. The van der Waals surface area contributed by atoms with Crippen molar-refractivity contribution >= 4 is 5.69 Å². The van der Waals surface area contributed by atoms with Crippen LogP contribution in [0.4, 0.5) is 18.9 Å². The summed E-state index contributed by atoms with van der Waals surface area (Å²) in [5.74, 6) is 0. The van der Waals surface area contributed by atoms with Crippen molar-refractivity contribution in [1.82, 2.24) is 5.32 Å². The highest BCUT2D eigenvalue weighted by Crippen LogP contribution is 2.34. The van der Waals surface area contributed by atoms with Crippen LogP contribution in [0.2, 0.25) is 0 Å².